The maximum atomic E-state index is 12.7. The molecule has 2 aromatic carbocycles. The number of carbonyl (C=O) groups is 1. The van der Waals surface area contributed by atoms with E-state index >= 15 is 0 Å². The molecule has 2 aromatic rings. The lowest BCUT2D eigenvalue weighted by atomic mass is 10.1. The van der Waals surface area contributed by atoms with Crippen LogP contribution in [0, 0.1) is 0 Å². The Labute approximate surface area is 164 Å². The second-order valence-corrected chi connectivity index (χ2v) is 7.66. The molecule has 0 radical (unpaired) electrons. The van der Waals surface area contributed by atoms with E-state index in [1.807, 2.05) is 48.5 Å². The molecule has 0 N–H and O–H groups in total. The van der Waals surface area contributed by atoms with Crippen LogP contribution in [-0.2, 0) is 11.2 Å². The lowest BCUT2D eigenvalue weighted by Crippen LogP contribution is -2.30. The Hall–Kier alpha value is -2.11. The van der Waals surface area contributed by atoms with Crippen LogP contribution >= 0.6 is 24.0 Å². The van der Waals surface area contributed by atoms with E-state index in [0.717, 1.165) is 24.2 Å². The first kappa shape index (κ1) is 18.7. The molecule has 0 bridgehead atoms. The van der Waals surface area contributed by atoms with Gasteiger partial charge < -0.3 is 4.74 Å². The van der Waals surface area contributed by atoms with Gasteiger partial charge in [-0.05, 0) is 42.2 Å². The Bertz CT molecular complexity index is 801. The first-order valence-electron chi connectivity index (χ1n) is 8.69. The molecule has 0 aromatic heterocycles. The summed E-state index contributed by atoms with van der Waals surface area (Å²) in [6, 6.07) is 17.9. The first-order chi connectivity index (χ1) is 12.7. The maximum Gasteiger partial charge on any atom is 0.266 e. The topological polar surface area (TPSA) is 29.5 Å². The summed E-state index contributed by atoms with van der Waals surface area (Å²) >= 11 is 6.77. The third-order valence-corrected chi connectivity index (χ3v) is 5.37. The summed E-state index contributed by atoms with van der Waals surface area (Å²) in [5, 5.41) is 0. The smallest absolute Gasteiger partial charge is 0.266 e. The molecule has 0 saturated carbocycles. The first-order valence-corrected chi connectivity index (χ1v) is 9.92. The van der Waals surface area contributed by atoms with Crippen LogP contribution < -0.4 is 4.74 Å². The quantitative estimate of drug-likeness (QED) is 0.501. The van der Waals surface area contributed by atoms with E-state index in [1.54, 1.807) is 4.90 Å². The van der Waals surface area contributed by atoms with Gasteiger partial charge in [0, 0.05) is 6.54 Å². The zero-order valence-electron chi connectivity index (χ0n) is 14.7. The number of ether oxygens (including phenoxy) is 1. The Kier molecular flexibility index (Phi) is 6.47. The molecule has 1 aliphatic heterocycles. The molecule has 26 heavy (non-hydrogen) atoms. The normalized spacial score (nSPS) is 15.7. The molecule has 134 valence electrons. The fourth-order valence-corrected chi connectivity index (χ4v) is 3.92. The van der Waals surface area contributed by atoms with Gasteiger partial charge in [0.2, 0.25) is 0 Å². The lowest BCUT2D eigenvalue weighted by Gasteiger charge is -2.14. The average Bonchev–Trinajstić information content (AvgIpc) is 2.93. The van der Waals surface area contributed by atoms with E-state index in [-0.39, 0.29) is 5.91 Å². The van der Waals surface area contributed by atoms with Gasteiger partial charge in [0.05, 0.1) is 11.5 Å². The summed E-state index contributed by atoms with van der Waals surface area (Å²) < 4.78 is 6.21. The second-order valence-electron chi connectivity index (χ2n) is 5.99. The number of carbonyl (C=O) groups excluding carboxylic acids is 1. The third kappa shape index (κ3) is 4.74. The highest BCUT2D eigenvalue weighted by molar-refractivity contribution is 8.26. The summed E-state index contributed by atoms with van der Waals surface area (Å²) in [4.78, 5) is 15.0. The van der Waals surface area contributed by atoms with Gasteiger partial charge in [0.25, 0.3) is 5.91 Å². The lowest BCUT2D eigenvalue weighted by molar-refractivity contribution is -0.122. The van der Waals surface area contributed by atoms with E-state index in [4.69, 9.17) is 17.0 Å². The van der Waals surface area contributed by atoms with Gasteiger partial charge >= 0.3 is 0 Å². The van der Waals surface area contributed by atoms with Gasteiger partial charge in [-0.1, -0.05) is 73.4 Å². The second kappa shape index (κ2) is 9.01. The van der Waals surface area contributed by atoms with E-state index < -0.39 is 0 Å². The van der Waals surface area contributed by atoms with E-state index in [9.17, 15) is 4.79 Å². The highest BCUT2D eigenvalue weighted by Crippen LogP contribution is 2.32. The summed E-state index contributed by atoms with van der Waals surface area (Å²) in [5.41, 5.74) is 2.17. The number of rotatable bonds is 7. The molecule has 1 saturated heterocycles. The van der Waals surface area contributed by atoms with Gasteiger partial charge in [-0.15, -0.1) is 0 Å². The van der Waals surface area contributed by atoms with Crippen molar-refractivity contribution in [3.05, 3.63) is 70.6 Å². The summed E-state index contributed by atoms with van der Waals surface area (Å²) in [6.45, 7) is 3.39. The molecule has 5 heteroatoms. The fraction of sp³-hybridized carbons (Fsp3) is 0.238. The fourth-order valence-electron chi connectivity index (χ4n) is 2.61. The van der Waals surface area contributed by atoms with Crippen molar-refractivity contribution in [2.45, 2.75) is 19.8 Å². The van der Waals surface area contributed by atoms with Crippen LogP contribution in [0.5, 0.6) is 5.75 Å². The summed E-state index contributed by atoms with van der Waals surface area (Å²) in [6.07, 6.45) is 3.67. The molecule has 1 aliphatic rings. The molecule has 1 amide bonds. The van der Waals surface area contributed by atoms with E-state index in [2.05, 4.69) is 19.1 Å². The predicted octanol–water partition coefficient (Wildman–Crippen LogP) is 4.92. The minimum Gasteiger partial charge on any atom is -0.494 e. The summed E-state index contributed by atoms with van der Waals surface area (Å²) in [7, 11) is 0. The number of nitrogens with zero attached hydrogens (tertiary/aromatic N) is 1. The van der Waals surface area contributed by atoms with Crippen LogP contribution in [0.4, 0.5) is 0 Å². The van der Waals surface area contributed by atoms with Crippen molar-refractivity contribution >= 4 is 40.3 Å². The number of hydrogen-bond donors (Lipinski definition) is 0. The van der Waals surface area contributed by atoms with Gasteiger partial charge in [0.15, 0.2) is 0 Å². The highest BCUT2D eigenvalue weighted by Gasteiger charge is 2.31. The number of benzene rings is 2. The zero-order valence-corrected chi connectivity index (χ0v) is 16.3. The van der Waals surface area contributed by atoms with Crippen LogP contribution in [0.15, 0.2) is 59.5 Å². The van der Waals surface area contributed by atoms with Crippen molar-refractivity contribution in [1.82, 2.24) is 4.90 Å². The molecule has 0 unspecified atom stereocenters. The van der Waals surface area contributed by atoms with Crippen LogP contribution in [0.3, 0.4) is 0 Å². The monoisotopic (exact) mass is 383 g/mol. The van der Waals surface area contributed by atoms with E-state index in [1.165, 1.54) is 17.3 Å². The highest BCUT2D eigenvalue weighted by atomic mass is 32.2. The minimum atomic E-state index is -0.0118. The van der Waals surface area contributed by atoms with Crippen LogP contribution in [0.1, 0.15) is 24.5 Å². The number of thioether (sulfide) groups is 1. The van der Waals surface area contributed by atoms with Crippen molar-refractivity contribution in [2.24, 2.45) is 0 Å². The maximum absolute atomic E-state index is 12.7. The molecule has 0 aliphatic carbocycles. The zero-order chi connectivity index (χ0) is 18.4. The molecule has 0 atom stereocenters. The Morgan fingerprint density at radius 1 is 1.12 bits per heavy atom. The third-order valence-electron chi connectivity index (χ3n) is 3.99. The van der Waals surface area contributed by atoms with Crippen molar-refractivity contribution < 1.29 is 9.53 Å². The molecular formula is C21H21NO2S2. The molecule has 3 nitrogen and oxygen atoms in total. The Balaban J connectivity index is 1.65. The van der Waals surface area contributed by atoms with Crippen LogP contribution in [0.2, 0.25) is 0 Å². The predicted molar refractivity (Wildman–Crippen MR) is 112 cm³/mol. The number of hydrogen-bond acceptors (Lipinski definition) is 4. The average molecular weight is 384 g/mol. The number of amides is 1. The van der Waals surface area contributed by atoms with Crippen molar-refractivity contribution in [3.8, 4) is 5.75 Å². The molecule has 1 fully saturated rings. The van der Waals surface area contributed by atoms with Gasteiger partial charge in [0.1, 0.15) is 10.1 Å². The van der Waals surface area contributed by atoms with E-state index in [0.29, 0.717) is 22.4 Å². The molecule has 0 spiro atoms. The Morgan fingerprint density at radius 2 is 1.85 bits per heavy atom. The van der Waals surface area contributed by atoms with Gasteiger partial charge in [-0.3, -0.25) is 9.69 Å². The largest absolute Gasteiger partial charge is 0.494 e. The summed E-state index contributed by atoms with van der Waals surface area (Å²) in [5.74, 6) is 0.835. The van der Waals surface area contributed by atoms with Gasteiger partial charge in [-0.25, -0.2) is 0 Å². The SMILES string of the molecule is CCCOc1ccc(/C=C2\SC(=S)N(CCc3ccccc3)C2=O)cc1. The van der Waals surface area contributed by atoms with Crippen LogP contribution in [0.25, 0.3) is 6.08 Å². The minimum absolute atomic E-state index is 0.0118. The standard InChI is InChI=1S/C21H21NO2S2/c1-2-14-24-18-10-8-17(9-11-18)15-19-20(23)22(21(25)26-19)13-12-16-6-4-3-5-7-16/h3-11,15H,2,12-14H2,1H3/b19-15-. The number of thiocarbonyl (C=S) groups is 1. The van der Waals surface area contributed by atoms with Crippen LogP contribution in [-0.4, -0.2) is 28.3 Å². The van der Waals surface area contributed by atoms with Crippen molar-refractivity contribution in [1.29, 1.82) is 0 Å². The molecule has 1 heterocycles. The Morgan fingerprint density at radius 3 is 2.54 bits per heavy atom. The molecule has 3 rings (SSSR count). The van der Waals surface area contributed by atoms with Crippen molar-refractivity contribution in [2.75, 3.05) is 13.2 Å². The molecular weight excluding hydrogens is 362 g/mol. The van der Waals surface area contributed by atoms with Crippen molar-refractivity contribution in [3.63, 3.8) is 0 Å². The van der Waals surface area contributed by atoms with Gasteiger partial charge in [-0.2, -0.15) is 0 Å².